The molecule has 1 atom stereocenters. The van der Waals surface area contributed by atoms with Crippen LogP contribution in [-0.4, -0.2) is 53.5 Å². The van der Waals surface area contributed by atoms with Gasteiger partial charge in [0, 0.05) is 24.5 Å². The average Bonchev–Trinajstić information content (AvgIpc) is 2.76. The monoisotopic (exact) mass is 390 g/mol. The molecule has 0 bridgehead atoms. The van der Waals surface area contributed by atoms with Gasteiger partial charge in [-0.15, -0.1) is 0 Å². The zero-order valence-corrected chi connectivity index (χ0v) is 16.0. The Balaban J connectivity index is 1.24. The van der Waals surface area contributed by atoms with Gasteiger partial charge in [0.15, 0.2) is 0 Å². The maximum atomic E-state index is 12.6. The highest BCUT2D eigenvalue weighted by Gasteiger charge is 2.48. The van der Waals surface area contributed by atoms with Gasteiger partial charge in [0.1, 0.15) is 5.60 Å². The molecule has 4 rings (SSSR count). The Labute approximate surface area is 169 Å². The molecule has 2 aliphatic heterocycles. The van der Waals surface area contributed by atoms with Crippen LogP contribution in [-0.2, 0) is 4.74 Å². The summed E-state index contributed by atoms with van der Waals surface area (Å²) in [6, 6.07) is 12.3. The summed E-state index contributed by atoms with van der Waals surface area (Å²) in [5.74, 6) is 0.0684. The van der Waals surface area contributed by atoms with Crippen LogP contribution >= 0.6 is 0 Å². The third-order valence-electron chi connectivity index (χ3n) is 5.59. The van der Waals surface area contributed by atoms with E-state index in [0.29, 0.717) is 42.9 Å². The summed E-state index contributed by atoms with van der Waals surface area (Å²) in [5, 5.41) is 11.9. The van der Waals surface area contributed by atoms with E-state index in [0.717, 1.165) is 12.8 Å². The summed E-state index contributed by atoms with van der Waals surface area (Å²) in [6.07, 6.45) is 4.99. The van der Waals surface area contributed by atoms with Crippen molar-refractivity contribution in [3.63, 3.8) is 0 Å². The second-order valence-corrected chi connectivity index (χ2v) is 7.70. The molecule has 2 saturated heterocycles. The average molecular weight is 390 g/mol. The number of aromatic nitrogens is 1. The number of likely N-dealkylation sites (tertiary alicyclic amines) is 1. The first-order valence-corrected chi connectivity index (χ1v) is 9.70. The van der Waals surface area contributed by atoms with Crippen molar-refractivity contribution in [3.05, 3.63) is 65.5 Å². The SMILES string of the molecule is N#Cc1cccc(C(=O)N2CC3(CC[C@@H](CNC(=O)c4cccnc4)CO3)C2)c1. The number of nitrogens with one attached hydrogen (secondary N) is 1. The van der Waals surface area contributed by atoms with Crippen molar-refractivity contribution in [3.8, 4) is 6.07 Å². The van der Waals surface area contributed by atoms with Gasteiger partial charge in [0.25, 0.3) is 11.8 Å². The third kappa shape index (κ3) is 4.13. The highest BCUT2D eigenvalue weighted by atomic mass is 16.5. The van der Waals surface area contributed by atoms with Crippen LogP contribution in [0.2, 0.25) is 0 Å². The van der Waals surface area contributed by atoms with Gasteiger partial charge in [-0.3, -0.25) is 14.6 Å². The lowest BCUT2D eigenvalue weighted by Gasteiger charge is -2.52. The smallest absolute Gasteiger partial charge is 0.254 e. The Morgan fingerprint density at radius 3 is 2.79 bits per heavy atom. The van der Waals surface area contributed by atoms with Crippen molar-refractivity contribution in [1.29, 1.82) is 5.26 Å². The van der Waals surface area contributed by atoms with E-state index in [-0.39, 0.29) is 23.3 Å². The second-order valence-electron chi connectivity index (χ2n) is 7.70. The molecule has 0 radical (unpaired) electrons. The predicted octanol–water partition coefficient (Wildman–Crippen LogP) is 2.00. The number of benzene rings is 1. The zero-order valence-electron chi connectivity index (χ0n) is 16.0. The Morgan fingerprint density at radius 2 is 2.10 bits per heavy atom. The minimum atomic E-state index is -0.271. The van der Waals surface area contributed by atoms with Crippen LogP contribution in [0.1, 0.15) is 39.1 Å². The quantitative estimate of drug-likeness (QED) is 0.862. The maximum Gasteiger partial charge on any atom is 0.254 e. The first-order chi connectivity index (χ1) is 14.1. The molecule has 29 heavy (non-hydrogen) atoms. The summed E-state index contributed by atoms with van der Waals surface area (Å²) in [7, 11) is 0. The molecule has 1 spiro atoms. The standard InChI is InChI=1S/C22H22N4O3/c23-10-16-3-1-4-18(9-16)21(28)26-14-22(15-26)7-6-17(13-29-22)11-25-20(27)19-5-2-8-24-12-19/h1-5,8-9,12,17H,6-7,11,13-15H2,(H,25,27)/t17-/m0/s1. The normalized spacial score (nSPS) is 19.8. The van der Waals surface area contributed by atoms with Gasteiger partial charge in [-0.2, -0.15) is 5.26 Å². The molecule has 1 aromatic heterocycles. The van der Waals surface area contributed by atoms with Crippen molar-refractivity contribution in [1.82, 2.24) is 15.2 Å². The van der Waals surface area contributed by atoms with Gasteiger partial charge in [0.05, 0.1) is 36.9 Å². The van der Waals surface area contributed by atoms with Crippen molar-refractivity contribution in [2.24, 2.45) is 5.92 Å². The summed E-state index contributed by atoms with van der Waals surface area (Å²) < 4.78 is 6.10. The molecule has 2 amide bonds. The fourth-order valence-electron chi connectivity index (χ4n) is 3.86. The predicted molar refractivity (Wildman–Crippen MR) is 105 cm³/mol. The molecule has 3 heterocycles. The molecule has 148 valence electrons. The number of hydrogen-bond donors (Lipinski definition) is 1. The molecular weight excluding hydrogens is 368 g/mol. The van der Waals surface area contributed by atoms with Crippen LogP contribution < -0.4 is 5.32 Å². The number of ether oxygens (including phenoxy) is 1. The number of nitrogens with zero attached hydrogens (tertiary/aromatic N) is 3. The molecule has 7 heteroatoms. The summed E-state index contributed by atoms with van der Waals surface area (Å²) >= 11 is 0. The maximum absolute atomic E-state index is 12.6. The number of carbonyl (C=O) groups is 2. The van der Waals surface area contributed by atoms with E-state index < -0.39 is 0 Å². The minimum absolute atomic E-state index is 0.0674. The van der Waals surface area contributed by atoms with Crippen LogP contribution in [0, 0.1) is 17.2 Å². The van der Waals surface area contributed by atoms with E-state index in [9.17, 15) is 9.59 Å². The molecule has 7 nitrogen and oxygen atoms in total. The highest BCUT2D eigenvalue weighted by molar-refractivity contribution is 5.95. The van der Waals surface area contributed by atoms with Crippen LogP contribution in [0.3, 0.4) is 0 Å². The van der Waals surface area contributed by atoms with Crippen molar-refractivity contribution in [2.45, 2.75) is 18.4 Å². The van der Waals surface area contributed by atoms with E-state index in [2.05, 4.69) is 16.4 Å². The number of carbonyl (C=O) groups excluding carboxylic acids is 2. The second kappa shape index (κ2) is 8.02. The van der Waals surface area contributed by atoms with Crippen molar-refractivity contribution < 1.29 is 14.3 Å². The van der Waals surface area contributed by atoms with Crippen molar-refractivity contribution in [2.75, 3.05) is 26.2 Å². The first-order valence-electron chi connectivity index (χ1n) is 9.70. The van der Waals surface area contributed by atoms with E-state index >= 15 is 0 Å². The number of rotatable bonds is 4. The lowest BCUT2D eigenvalue weighted by molar-refractivity contribution is -0.166. The van der Waals surface area contributed by atoms with Crippen molar-refractivity contribution >= 4 is 11.8 Å². The molecular formula is C22H22N4O3. The molecule has 2 fully saturated rings. The first kappa shape index (κ1) is 19.1. The fourth-order valence-corrected chi connectivity index (χ4v) is 3.86. The summed E-state index contributed by atoms with van der Waals surface area (Å²) in [4.78, 5) is 30.5. The molecule has 1 aromatic carbocycles. The molecule has 0 unspecified atom stereocenters. The lowest BCUT2D eigenvalue weighted by Crippen LogP contribution is -2.66. The Bertz CT molecular complexity index is 938. The molecule has 2 aromatic rings. The summed E-state index contributed by atoms with van der Waals surface area (Å²) in [6.45, 7) is 2.27. The van der Waals surface area contributed by atoms with Crippen LogP contribution in [0.25, 0.3) is 0 Å². The van der Waals surface area contributed by atoms with Gasteiger partial charge in [0.2, 0.25) is 0 Å². The van der Waals surface area contributed by atoms with E-state index in [4.69, 9.17) is 10.00 Å². The Hall–Kier alpha value is -3.24. The topological polar surface area (TPSA) is 95.3 Å². The van der Waals surface area contributed by atoms with E-state index in [1.165, 1.54) is 0 Å². The van der Waals surface area contributed by atoms with Gasteiger partial charge in [-0.05, 0) is 49.1 Å². The third-order valence-corrected chi connectivity index (χ3v) is 5.59. The number of hydrogen-bond acceptors (Lipinski definition) is 5. The van der Waals surface area contributed by atoms with E-state index in [1.54, 1.807) is 53.7 Å². The number of amides is 2. The summed E-state index contributed by atoms with van der Waals surface area (Å²) in [5.41, 5.74) is 1.29. The van der Waals surface area contributed by atoms with Gasteiger partial charge < -0.3 is 15.0 Å². The fraction of sp³-hybridized carbons (Fsp3) is 0.364. The van der Waals surface area contributed by atoms with E-state index in [1.807, 2.05) is 0 Å². The molecule has 0 aliphatic carbocycles. The van der Waals surface area contributed by atoms with Gasteiger partial charge in [-0.25, -0.2) is 0 Å². The molecule has 0 saturated carbocycles. The number of nitriles is 1. The van der Waals surface area contributed by atoms with Crippen LogP contribution in [0.4, 0.5) is 0 Å². The van der Waals surface area contributed by atoms with Crippen LogP contribution in [0.5, 0.6) is 0 Å². The molecule has 1 N–H and O–H groups in total. The minimum Gasteiger partial charge on any atom is -0.371 e. The van der Waals surface area contributed by atoms with Gasteiger partial charge in [-0.1, -0.05) is 6.07 Å². The Morgan fingerprint density at radius 1 is 1.28 bits per heavy atom. The zero-order chi connectivity index (χ0) is 20.3. The lowest BCUT2D eigenvalue weighted by atomic mass is 9.82. The molecule has 2 aliphatic rings. The highest BCUT2D eigenvalue weighted by Crippen LogP contribution is 2.36. The largest absolute Gasteiger partial charge is 0.371 e. The Kier molecular flexibility index (Phi) is 5.28. The van der Waals surface area contributed by atoms with Gasteiger partial charge >= 0.3 is 0 Å². The van der Waals surface area contributed by atoms with Crippen LogP contribution in [0.15, 0.2) is 48.8 Å². The number of pyridine rings is 1.